The number of halogens is 5. The van der Waals surface area contributed by atoms with Crippen molar-refractivity contribution in [3.8, 4) is 0 Å². The molecule has 3 heterocycles. The van der Waals surface area contributed by atoms with Crippen LogP contribution in [0.5, 0.6) is 0 Å². The largest absolute Gasteiger partial charge is 0.416 e. The molecule has 2 aromatic heterocycles. The smallest absolute Gasteiger partial charge is 0.381 e. The summed E-state index contributed by atoms with van der Waals surface area (Å²) in [7, 11) is 0. The number of alkyl halides is 3. The van der Waals surface area contributed by atoms with Crippen LogP contribution < -0.4 is 10.9 Å². The van der Waals surface area contributed by atoms with Gasteiger partial charge in [-0.3, -0.25) is 9.59 Å². The van der Waals surface area contributed by atoms with Gasteiger partial charge in [0.1, 0.15) is 11.0 Å². The molecule has 186 valence electrons. The number of anilines is 1. The minimum absolute atomic E-state index is 0.0320. The van der Waals surface area contributed by atoms with E-state index in [9.17, 15) is 22.8 Å². The molecule has 13 heteroatoms. The minimum atomic E-state index is -4.56. The monoisotopic (exact) mass is 573 g/mol. The van der Waals surface area contributed by atoms with Gasteiger partial charge >= 0.3 is 6.18 Å². The zero-order valence-corrected chi connectivity index (χ0v) is 20.8. The van der Waals surface area contributed by atoms with E-state index in [2.05, 4.69) is 31.3 Å². The normalized spacial score (nSPS) is 14.6. The van der Waals surface area contributed by atoms with Gasteiger partial charge in [-0.15, -0.1) is 5.10 Å². The van der Waals surface area contributed by atoms with E-state index in [0.29, 0.717) is 44.0 Å². The summed E-state index contributed by atoms with van der Waals surface area (Å²) in [5.74, 6) is -0.0251. The third kappa shape index (κ3) is 5.29. The fourth-order valence-electron chi connectivity index (χ4n) is 3.75. The van der Waals surface area contributed by atoms with Crippen LogP contribution in [0.25, 0.3) is 11.4 Å². The summed E-state index contributed by atoms with van der Waals surface area (Å²) in [6.45, 7) is 2.64. The van der Waals surface area contributed by atoms with Crippen LogP contribution in [-0.4, -0.2) is 38.3 Å². The minimum Gasteiger partial charge on any atom is -0.381 e. The predicted molar refractivity (Wildman–Crippen MR) is 127 cm³/mol. The number of ether oxygens (including phenoxy) is 1. The fraction of sp³-hybridized carbons (Fsp3) is 0.364. The van der Waals surface area contributed by atoms with Crippen LogP contribution in [-0.2, 0) is 28.7 Å². The number of nitrogens with one attached hydrogen (secondary N) is 1. The molecule has 1 N–H and O–H groups in total. The maximum absolute atomic E-state index is 12.9. The molecule has 0 spiro atoms. The summed E-state index contributed by atoms with van der Waals surface area (Å²) in [4.78, 5) is 30.3. The van der Waals surface area contributed by atoms with E-state index < -0.39 is 23.2 Å². The van der Waals surface area contributed by atoms with Crippen molar-refractivity contribution in [1.29, 1.82) is 0 Å². The van der Waals surface area contributed by atoms with Crippen LogP contribution in [0.15, 0.2) is 33.5 Å². The van der Waals surface area contributed by atoms with E-state index >= 15 is 0 Å². The van der Waals surface area contributed by atoms with Gasteiger partial charge in [-0.2, -0.15) is 22.7 Å². The molecule has 8 nitrogen and oxygen atoms in total. The molecule has 0 bridgehead atoms. The third-order valence-electron chi connectivity index (χ3n) is 5.45. The number of carbonyl (C=O) groups excluding carboxylic acids is 1. The van der Waals surface area contributed by atoms with Gasteiger partial charge in [0.2, 0.25) is 11.7 Å². The summed E-state index contributed by atoms with van der Waals surface area (Å²) in [5, 5.41) is 6.65. The topological polar surface area (TPSA) is 90.5 Å². The molecule has 0 radical (unpaired) electrons. The van der Waals surface area contributed by atoms with Crippen LogP contribution in [0.1, 0.15) is 36.8 Å². The Bertz CT molecular complexity index is 1380. The molecule has 3 aromatic rings. The van der Waals surface area contributed by atoms with Crippen molar-refractivity contribution in [3.05, 3.63) is 61.2 Å². The maximum Gasteiger partial charge on any atom is 0.416 e. The average molecular weight is 575 g/mol. The Hall–Kier alpha value is -2.70. The van der Waals surface area contributed by atoms with E-state index in [1.165, 1.54) is 0 Å². The molecule has 0 fully saturated rings. The van der Waals surface area contributed by atoms with Crippen molar-refractivity contribution in [2.75, 3.05) is 18.5 Å². The van der Waals surface area contributed by atoms with Crippen LogP contribution in [0, 0.1) is 0 Å². The second kappa shape index (κ2) is 10.1. The lowest BCUT2D eigenvalue weighted by Gasteiger charge is -2.15. The average Bonchev–Trinajstić information content (AvgIpc) is 3.06. The highest BCUT2D eigenvalue weighted by Crippen LogP contribution is 2.33. The molecule has 4 rings (SSSR count). The van der Waals surface area contributed by atoms with Crippen molar-refractivity contribution in [2.24, 2.45) is 0 Å². The number of rotatable bonds is 5. The summed E-state index contributed by atoms with van der Waals surface area (Å²) >= 11 is 9.28. The van der Waals surface area contributed by atoms with E-state index in [0.717, 1.165) is 28.3 Å². The van der Waals surface area contributed by atoms with Gasteiger partial charge < -0.3 is 14.6 Å². The highest BCUT2D eigenvalue weighted by molar-refractivity contribution is 9.10. The second-order valence-electron chi connectivity index (χ2n) is 7.77. The van der Waals surface area contributed by atoms with E-state index in [1.807, 2.05) is 13.0 Å². The summed E-state index contributed by atoms with van der Waals surface area (Å²) in [5.41, 5.74) is 0.0581. The summed E-state index contributed by atoms with van der Waals surface area (Å²) in [6.07, 6.45) is -0.916. The lowest BCUT2D eigenvalue weighted by Crippen LogP contribution is -2.28. The number of carbonyl (C=O) groups is 1. The Kier molecular flexibility index (Phi) is 7.34. The first kappa shape index (κ1) is 25.4. The van der Waals surface area contributed by atoms with Gasteiger partial charge in [0.05, 0.1) is 29.5 Å². The first-order chi connectivity index (χ1) is 16.6. The zero-order chi connectivity index (χ0) is 25.3. The van der Waals surface area contributed by atoms with Crippen molar-refractivity contribution in [2.45, 2.75) is 38.9 Å². The molecule has 0 saturated carbocycles. The van der Waals surface area contributed by atoms with Gasteiger partial charge in [0.15, 0.2) is 5.82 Å². The SMILES string of the molecule is CCc1c(Br)c(=O)n2nc(C3=CCCOCC3)nc2n1CC(=O)Nc1ccc(C(F)(F)F)cc1Cl. The highest BCUT2D eigenvalue weighted by Gasteiger charge is 2.31. The quantitative estimate of drug-likeness (QED) is 0.476. The van der Waals surface area contributed by atoms with E-state index in [-0.39, 0.29) is 27.5 Å². The lowest BCUT2D eigenvalue weighted by molar-refractivity contribution is -0.137. The molecular weight excluding hydrogens is 555 g/mol. The van der Waals surface area contributed by atoms with Crippen LogP contribution in [0.4, 0.5) is 18.9 Å². The number of nitrogens with zero attached hydrogens (tertiary/aromatic N) is 4. The molecule has 35 heavy (non-hydrogen) atoms. The number of hydrogen-bond acceptors (Lipinski definition) is 5. The fourth-order valence-corrected chi connectivity index (χ4v) is 4.64. The first-order valence-corrected chi connectivity index (χ1v) is 11.9. The molecule has 1 aliphatic heterocycles. The van der Waals surface area contributed by atoms with Crippen molar-refractivity contribution < 1.29 is 22.7 Å². The molecule has 0 unspecified atom stereocenters. The summed E-state index contributed by atoms with van der Waals surface area (Å²) < 4.78 is 47.1. The molecule has 0 saturated heterocycles. The molecule has 1 aliphatic rings. The van der Waals surface area contributed by atoms with Gasteiger partial charge in [-0.1, -0.05) is 24.6 Å². The number of hydrogen-bond donors (Lipinski definition) is 1. The number of fused-ring (bicyclic) bond motifs is 1. The van der Waals surface area contributed by atoms with Gasteiger partial charge in [0, 0.05) is 5.69 Å². The Balaban J connectivity index is 1.70. The lowest BCUT2D eigenvalue weighted by atomic mass is 10.1. The second-order valence-corrected chi connectivity index (χ2v) is 8.97. The van der Waals surface area contributed by atoms with Crippen molar-refractivity contribution >= 4 is 50.5 Å². The van der Waals surface area contributed by atoms with Gasteiger partial charge in [-0.25, -0.2) is 0 Å². The van der Waals surface area contributed by atoms with Crippen LogP contribution in [0.2, 0.25) is 5.02 Å². The number of amides is 1. The zero-order valence-electron chi connectivity index (χ0n) is 18.5. The van der Waals surface area contributed by atoms with Gasteiger partial charge in [-0.05, 0) is 59.0 Å². The standard InChI is InChI=1S/C22H20BrClF3N5O3/c1-2-16-18(23)20(34)32-21(29-19(30-32)12-4-3-8-35-9-7-12)31(16)11-17(33)28-15-6-5-13(10-14(15)24)22(25,26)27/h4-6,10H,2-3,7-9,11H2,1H3,(H,28,33). The number of benzene rings is 1. The highest BCUT2D eigenvalue weighted by atomic mass is 79.9. The first-order valence-electron chi connectivity index (χ1n) is 10.7. The summed E-state index contributed by atoms with van der Waals surface area (Å²) in [6, 6.07) is 2.68. The van der Waals surface area contributed by atoms with Crippen LogP contribution >= 0.6 is 27.5 Å². The maximum atomic E-state index is 12.9. The molecule has 1 amide bonds. The molecule has 1 aromatic carbocycles. The van der Waals surface area contributed by atoms with E-state index in [4.69, 9.17) is 16.3 Å². The van der Waals surface area contributed by atoms with Crippen LogP contribution in [0.3, 0.4) is 0 Å². The molecule has 0 atom stereocenters. The molecule has 0 aliphatic carbocycles. The Labute approximate surface area is 210 Å². The predicted octanol–water partition coefficient (Wildman–Crippen LogP) is 4.72. The third-order valence-corrected chi connectivity index (χ3v) is 6.56. The Morgan fingerprint density at radius 2 is 2.09 bits per heavy atom. The Morgan fingerprint density at radius 1 is 1.31 bits per heavy atom. The number of aromatic nitrogens is 4. The van der Waals surface area contributed by atoms with Crippen molar-refractivity contribution in [1.82, 2.24) is 19.2 Å². The van der Waals surface area contributed by atoms with E-state index in [1.54, 1.807) is 4.57 Å². The van der Waals surface area contributed by atoms with Crippen molar-refractivity contribution in [3.63, 3.8) is 0 Å². The Morgan fingerprint density at radius 3 is 2.77 bits per heavy atom. The van der Waals surface area contributed by atoms with Gasteiger partial charge in [0.25, 0.3) is 5.56 Å². The molecular formula is C22H20BrClF3N5O3.